The van der Waals surface area contributed by atoms with Crippen LogP contribution in [-0.2, 0) is 0 Å². The van der Waals surface area contributed by atoms with Gasteiger partial charge in [-0.15, -0.1) is 0 Å². The average molecular weight is 300 g/mol. The molecule has 0 saturated heterocycles. The number of hydrogen-bond donors (Lipinski definition) is 2. The van der Waals surface area contributed by atoms with Crippen LogP contribution in [0.15, 0.2) is 47.2 Å². The third-order valence-electron chi connectivity index (χ3n) is 5.42. The van der Waals surface area contributed by atoms with Gasteiger partial charge in [0.25, 0.3) is 0 Å². The van der Waals surface area contributed by atoms with E-state index in [9.17, 15) is 9.50 Å². The SMILES string of the molecule is CC12CC3=C(C=C1CCCC2O)N(c1ccc(F)cc1)NC3. The average Bonchev–Trinajstić information content (AvgIpc) is 2.89. The third kappa shape index (κ3) is 2.02. The van der Waals surface area contributed by atoms with Crippen LogP contribution in [0.5, 0.6) is 0 Å². The number of allylic oxidation sites excluding steroid dienone is 1. The molecule has 1 aliphatic heterocycles. The molecule has 3 nitrogen and oxygen atoms in total. The maximum absolute atomic E-state index is 13.1. The van der Waals surface area contributed by atoms with E-state index >= 15 is 0 Å². The summed E-state index contributed by atoms with van der Waals surface area (Å²) in [6, 6.07) is 6.56. The zero-order chi connectivity index (χ0) is 15.3. The van der Waals surface area contributed by atoms with Crippen molar-refractivity contribution in [2.24, 2.45) is 5.41 Å². The smallest absolute Gasteiger partial charge is 0.123 e. The monoisotopic (exact) mass is 300 g/mol. The van der Waals surface area contributed by atoms with Crippen LogP contribution in [0.25, 0.3) is 0 Å². The third-order valence-corrected chi connectivity index (χ3v) is 5.42. The van der Waals surface area contributed by atoms with Gasteiger partial charge in [-0.3, -0.25) is 5.01 Å². The molecule has 1 saturated carbocycles. The number of aliphatic hydroxyl groups excluding tert-OH is 1. The van der Waals surface area contributed by atoms with Crippen molar-refractivity contribution in [2.45, 2.75) is 38.7 Å². The van der Waals surface area contributed by atoms with Crippen molar-refractivity contribution in [3.05, 3.63) is 53.0 Å². The van der Waals surface area contributed by atoms with Crippen LogP contribution in [0, 0.1) is 11.2 Å². The first-order valence-electron chi connectivity index (χ1n) is 7.98. The Hall–Kier alpha value is -1.65. The van der Waals surface area contributed by atoms with Gasteiger partial charge in [0.15, 0.2) is 0 Å². The first-order valence-corrected chi connectivity index (χ1v) is 7.98. The molecule has 0 aromatic heterocycles. The molecule has 2 atom stereocenters. The summed E-state index contributed by atoms with van der Waals surface area (Å²) < 4.78 is 13.1. The van der Waals surface area contributed by atoms with Gasteiger partial charge in [0.2, 0.25) is 0 Å². The summed E-state index contributed by atoms with van der Waals surface area (Å²) in [4.78, 5) is 0. The number of fused-ring (bicyclic) bond motifs is 1. The van der Waals surface area contributed by atoms with Crippen LogP contribution in [0.4, 0.5) is 10.1 Å². The summed E-state index contributed by atoms with van der Waals surface area (Å²) in [5.74, 6) is -0.220. The lowest BCUT2D eigenvalue weighted by Crippen LogP contribution is -2.39. The molecule has 3 aliphatic rings. The van der Waals surface area contributed by atoms with Gasteiger partial charge in [0, 0.05) is 12.0 Å². The fourth-order valence-electron chi connectivity index (χ4n) is 4.03. The van der Waals surface area contributed by atoms with Crippen molar-refractivity contribution in [1.82, 2.24) is 5.43 Å². The van der Waals surface area contributed by atoms with Gasteiger partial charge >= 0.3 is 0 Å². The molecule has 0 radical (unpaired) electrons. The minimum atomic E-state index is -0.249. The number of halogens is 1. The summed E-state index contributed by atoms with van der Waals surface area (Å²) in [6.45, 7) is 2.98. The number of nitrogens with one attached hydrogen (secondary N) is 1. The van der Waals surface area contributed by atoms with E-state index in [4.69, 9.17) is 0 Å². The number of aliphatic hydroxyl groups is 1. The van der Waals surface area contributed by atoms with Crippen molar-refractivity contribution in [1.29, 1.82) is 0 Å². The molecule has 1 heterocycles. The lowest BCUT2D eigenvalue weighted by molar-refractivity contribution is 0.0353. The van der Waals surface area contributed by atoms with Crippen molar-refractivity contribution < 1.29 is 9.50 Å². The highest BCUT2D eigenvalue weighted by Gasteiger charge is 2.44. The lowest BCUT2D eigenvalue weighted by atomic mass is 9.64. The number of hydrazine groups is 1. The molecule has 1 aromatic rings. The molecule has 4 rings (SSSR count). The highest BCUT2D eigenvalue weighted by molar-refractivity contribution is 5.59. The summed E-state index contributed by atoms with van der Waals surface area (Å²) in [6.07, 6.45) is 5.90. The molecule has 2 N–H and O–H groups in total. The molecular weight excluding hydrogens is 279 g/mol. The summed E-state index contributed by atoms with van der Waals surface area (Å²) >= 11 is 0. The predicted molar refractivity (Wildman–Crippen MR) is 84.6 cm³/mol. The van der Waals surface area contributed by atoms with E-state index < -0.39 is 0 Å². The zero-order valence-electron chi connectivity index (χ0n) is 12.8. The molecule has 1 aromatic carbocycles. The van der Waals surface area contributed by atoms with Gasteiger partial charge in [0.1, 0.15) is 5.82 Å². The fraction of sp³-hybridized carbons (Fsp3) is 0.444. The highest BCUT2D eigenvalue weighted by atomic mass is 19.1. The zero-order valence-corrected chi connectivity index (χ0v) is 12.8. The van der Waals surface area contributed by atoms with Gasteiger partial charge in [-0.1, -0.05) is 12.5 Å². The van der Waals surface area contributed by atoms with Crippen LogP contribution < -0.4 is 10.4 Å². The molecule has 0 amide bonds. The minimum Gasteiger partial charge on any atom is -0.392 e. The summed E-state index contributed by atoms with van der Waals surface area (Å²) in [5.41, 5.74) is 8.07. The van der Waals surface area contributed by atoms with Crippen LogP contribution in [0.2, 0.25) is 0 Å². The molecule has 1 fully saturated rings. The van der Waals surface area contributed by atoms with Crippen molar-refractivity contribution in [3.63, 3.8) is 0 Å². The number of hydrogen-bond acceptors (Lipinski definition) is 3. The Bertz CT molecular complexity index is 664. The number of anilines is 1. The van der Waals surface area contributed by atoms with E-state index in [1.54, 1.807) is 12.1 Å². The first kappa shape index (κ1) is 14.0. The van der Waals surface area contributed by atoms with Gasteiger partial charge < -0.3 is 5.11 Å². The molecule has 2 aliphatic carbocycles. The lowest BCUT2D eigenvalue weighted by Gasteiger charge is -2.43. The predicted octanol–water partition coefficient (Wildman–Crippen LogP) is 3.29. The van der Waals surface area contributed by atoms with Gasteiger partial charge in [-0.25, -0.2) is 9.82 Å². The van der Waals surface area contributed by atoms with E-state index in [0.29, 0.717) is 0 Å². The molecule has 0 spiro atoms. The first-order chi connectivity index (χ1) is 10.6. The number of benzene rings is 1. The van der Waals surface area contributed by atoms with Crippen molar-refractivity contribution >= 4 is 5.69 Å². The van der Waals surface area contributed by atoms with E-state index in [1.807, 2.05) is 5.01 Å². The summed E-state index contributed by atoms with van der Waals surface area (Å²) in [5, 5.41) is 12.5. The van der Waals surface area contributed by atoms with Crippen molar-refractivity contribution in [2.75, 3.05) is 11.6 Å². The second-order valence-corrected chi connectivity index (χ2v) is 6.81. The molecule has 2 unspecified atom stereocenters. The number of rotatable bonds is 1. The second-order valence-electron chi connectivity index (χ2n) is 6.81. The van der Waals surface area contributed by atoms with Gasteiger partial charge in [-0.05, 0) is 61.6 Å². The van der Waals surface area contributed by atoms with E-state index in [1.165, 1.54) is 29.0 Å². The maximum Gasteiger partial charge on any atom is 0.123 e. The molecular formula is C18H21FN2O. The van der Waals surface area contributed by atoms with Crippen LogP contribution in [0.1, 0.15) is 32.6 Å². The van der Waals surface area contributed by atoms with Crippen LogP contribution >= 0.6 is 0 Å². The Kier molecular flexibility index (Phi) is 3.13. The quantitative estimate of drug-likeness (QED) is 0.835. The Morgan fingerprint density at radius 2 is 2.09 bits per heavy atom. The Labute approximate surface area is 130 Å². The second kappa shape index (κ2) is 4.93. The molecule has 4 heteroatoms. The van der Waals surface area contributed by atoms with Crippen LogP contribution in [0.3, 0.4) is 0 Å². The fourth-order valence-corrected chi connectivity index (χ4v) is 4.03. The normalized spacial score (nSPS) is 31.0. The highest BCUT2D eigenvalue weighted by Crippen LogP contribution is 2.50. The standard InChI is InChI=1S/C18H21FN2O/c1-18-10-12-11-20-21(15-7-5-14(19)6-8-15)16(12)9-13(18)3-2-4-17(18)22/h5-9,17,20,22H,2-4,10-11H2,1H3. The van der Waals surface area contributed by atoms with Crippen molar-refractivity contribution in [3.8, 4) is 0 Å². The Balaban J connectivity index is 1.70. The van der Waals surface area contributed by atoms with E-state index in [-0.39, 0.29) is 17.3 Å². The molecule has 0 bridgehead atoms. The summed E-state index contributed by atoms with van der Waals surface area (Å²) in [7, 11) is 0. The Morgan fingerprint density at radius 3 is 2.86 bits per heavy atom. The van der Waals surface area contributed by atoms with Gasteiger partial charge in [0.05, 0.1) is 17.5 Å². The van der Waals surface area contributed by atoms with E-state index in [2.05, 4.69) is 18.4 Å². The number of nitrogens with zero attached hydrogens (tertiary/aromatic N) is 1. The van der Waals surface area contributed by atoms with E-state index in [0.717, 1.165) is 37.9 Å². The minimum absolute atomic E-state index is 0.114. The van der Waals surface area contributed by atoms with Gasteiger partial charge in [-0.2, -0.15) is 0 Å². The topological polar surface area (TPSA) is 35.5 Å². The van der Waals surface area contributed by atoms with Crippen LogP contribution in [-0.4, -0.2) is 17.8 Å². The maximum atomic E-state index is 13.1. The molecule has 116 valence electrons. The largest absolute Gasteiger partial charge is 0.392 e. The molecule has 22 heavy (non-hydrogen) atoms. The Morgan fingerprint density at radius 1 is 1.32 bits per heavy atom.